The number of aromatic amines is 2. The number of hydrogen-bond acceptors (Lipinski definition) is 4. The average Bonchev–Trinajstić information content (AvgIpc) is 2.99. The summed E-state index contributed by atoms with van der Waals surface area (Å²) in [4.78, 5) is 33.6. The summed E-state index contributed by atoms with van der Waals surface area (Å²) in [7, 11) is 0. The molecule has 27 heavy (non-hydrogen) atoms. The lowest BCUT2D eigenvalue weighted by atomic mass is 10.1. The van der Waals surface area contributed by atoms with Crippen molar-refractivity contribution in [2.45, 2.75) is 31.7 Å². The van der Waals surface area contributed by atoms with E-state index in [-0.39, 0.29) is 28.7 Å². The van der Waals surface area contributed by atoms with Crippen molar-refractivity contribution in [3.8, 4) is 0 Å². The summed E-state index contributed by atoms with van der Waals surface area (Å²) >= 11 is 0. The van der Waals surface area contributed by atoms with Gasteiger partial charge in [0.2, 0.25) is 0 Å². The third-order valence-corrected chi connectivity index (χ3v) is 4.93. The van der Waals surface area contributed by atoms with E-state index < -0.39 is 0 Å². The van der Waals surface area contributed by atoms with E-state index in [2.05, 4.69) is 32.3 Å². The molecule has 1 saturated heterocycles. The quantitative estimate of drug-likeness (QED) is 0.748. The SMILES string of the molecule is O=C(c1[nH]nc2c(=O)[nH]cnc12)N1CCCCCC1/C=C/c1ccccc1. The second-order valence-corrected chi connectivity index (χ2v) is 6.71. The Kier molecular flexibility index (Phi) is 4.82. The van der Waals surface area contributed by atoms with Gasteiger partial charge in [0.15, 0.2) is 5.52 Å². The van der Waals surface area contributed by atoms with Gasteiger partial charge in [-0.2, -0.15) is 5.10 Å². The number of carbonyl (C=O) groups excluding carboxylic acids is 1. The molecule has 2 aromatic heterocycles. The van der Waals surface area contributed by atoms with Crippen LogP contribution >= 0.6 is 0 Å². The average molecular weight is 363 g/mol. The van der Waals surface area contributed by atoms with Crippen LogP contribution in [0.1, 0.15) is 41.7 Å². The summed E-state index contributed by atoms with van der Waals surface area (Å²) in [5.41, 5.74) is 1.50. The van der Waals surface area contributed by atoms with Crippen molar-refractivity contribution in [1.82, 2.24) is 25.1 Å². The maximum absolute atomic E-state index is 13.2. The van der Waals surface area contributed by atoms with Crippen molar-refractivity contribution < 1.29 is 4.79 Å². The van der Waals surface area contributed by atoms with Crippen LogP contribution in [0.4, 0.5) is 0 Å². The van der Waals surface area contributed by atoms with E-state index in [9.17, 15) is 9.59 Å². The van der Waals surface area contributed by atoms with Crippen LogP contribution in [0.3, 0.4) is 0 Å². The predicted molar refractivity (Wildman–Crippen MR) is 103 cm³/mol. The van der Waals surface area contributed by atoms with E-state index in [0.29, 0.717) is 12.1 Å². The Bertz CT molecular complexity index is 1020. The largest absolute Gasteiger partial charge is 0.331 e. The second kappa shape index (κ2) is 7.57. The van der Waals surface area contributed by atoms with Crippen molar-refractivity contribution >= 4 is 23.0 Å². The molecular weight excluding hydrogens is 342 g/mol. The van der Waals surface area contributed by atoms with Crippen molar-refractivity contribution in [2.24, 2.45) is 0 Å². The fourth-order valence-corrected chi connectivity index (χ4v) is 3.51. The van der Waals surface area contributed by atoms with Gasteiger partial charge in [-0.1, -0.05) is 55.3 Å². The van der Waals surface area contributed by atoms with Gasteiger partial charge in [0.25, 0.3) is 11.5 Å². The molecule has 1 atom stereocenters. The Morgan fingerprint density at radius 2 is 2.00 bits per heavy atom. The molecule has 4 rings (SSSR count). The van der Waals surface area contributed by atoms with Crippen LogP contribution in [0.5, 0.6) is 0 Å². The number of amides is 1. The standard InChI is InChI=1S/C20H21N5O2/c26-19-17-16(21-13-22-19)18(24-23-17)20(27)25-12-6-2-5-9-15(25)11-10-14-7-3-1-4-8-14/h1,3-4,7-8,10-11,13,15H,2,5-6,9,12H2,(H,23,24)(H,21,22,26)/b11-10+. The van der Waals surface area contributed by atoms with Crippen LogP contribution < -0.4 is 5.56 Å². The molecule has 1 unspecified atom stereocenters. The van der Waals surface area contributed by atoms with Gasteiger partial charge < -0.3 is 9.88 Å². The maximum Gasteiger partial charge on any atom is 0.279 e. The number of fused-ring (bicyclic) bond motifs is 1. The van der Waals surface area contributed by atoms with Gasteiger partial charge in [-0.15, -0.1) is 0 Å². The smallest absolute Gasteiger partial charge is 0.279 e. The Morgan fingerprint density at radius 3 is 2.85 bits per heavy atom. The summed E-state index contributed by atoms with van der Waals surface area (Å²) in [6.45, 7) is 0.673. The van der Waals surface area contributed by atoms with Gasteiger partial charge in [0.05, 0.1) is 12.4 Å². The minimum absolute atomic E-state index is 0.000512. The number of nitrogens with one attached hydrogen (secondary N) is 2. The zero-order chi connectivity index (χ0) is 18.6. The van der Waals surface area contributed by atoms with E-state index in [4.69, 9.17) is 0 Å². The molecule has 0 bridgehead atoms. The van der Waals surface area contributed by atoms with Gasteiger partial charge in [-0.05, 0) is 18.4 Å². The van der Waals surface area contributed by atoms with Crippen LogP contribution in [-0.2, 0) is 0 Å². The fourth-order valence-electron chi connectivity index (χ4n) is 3.51. The van der Waals surface area contributed by atoms with Crippen molar-refractivity contribution in [3.63, 3.8) is 0 Å². The molecule has 7 nitrogen and oxygen atoms in total. The van der Waals surface area contributed by atoms with Crippen LogP contribution in [-0.4, -0.2) is 43.6 Å². The molecule has 0 saturated carbocycles. The summed E-state index contributed by atoms with van der Waals surface area (Å²) in [5.74, 6) is -0.166. The molecule has 1 amide bonds. The highest BCUT2D eigenvalue weighted by molar-refractivity contribution is 6.03. The first-order valence-corrected chi connectivity index (χ1v) is 9.20. The van der Waals surface area contributed by atoms with Crippen molar-refractivity contribution in [1.29, 1.82) is 0 Å². The van der Waals surface area contributed by atoms with E-state index in [1.807, 2.05) is 35.2 Å². The predicted octanol–water partition coefficient (Wildman–Crippen LogP) is 2.74. The van der Waals surface area contributed by atoms with Crippen LogP contribution in [0, 0.1) is 0 Å². The van der Waals surface area contributed by atoms with Gasteiger partial charge in [-0.25, -0.2) is 4.98 Å². The van der Waals surface area contributed by atoms with Crippen LogP contribution in [0.15, 0.2) is 47.5 Å². The fraction of sp³-hybridized carbons (Fsp3) is 0.300. The molecule has 7 heteroatoms. The minimum Gasteiger partial charge on any atom is -0.331 e. The van der Waals surface area contributed by atoms with Crippen LogP contribution in [0.25, 0.3) is 17.1 Å². The first-order valence-electron chi connectivity index (χ1n) is 9.20. The minimum atomic E-state index is -0.355. The van der Waals surface area contributed by atoms with E-state index in [0.717, 1.165) is 31.2 Å². The van der Waals surface area contributed by atoms with Gasteiger partial charge in [-0.3, -0.25) is 14.7 Å². The molecule has 138 valence electrons. The molecule has 1 aliphatic heterocycles. The first-order chi connectivity index (χ1) is 13.2. The molecule has 0 aliphatic carbocycles. The number of benzene rings is 1. The van der Waals surface area contributed by atoms with E-state index in [1.54, 1.807) is 0 Å². The molecule has 1 aliphatic rings. The molecule has 3 aromatic rings. The number of H-pyrrole nitrogens is 2. The van der Waals surface area contributed by atoms with Crippen LogP contribution in [0.2, 0.25) is 0 Å². The Hall–Kier alpha value is -3.22. The van der Waals surface area contributed by atoms with Gasteiger partial charge in [0.1, 0.15) is 11.2 Å². The monoisotopic (exact) mass is 363 g/mol. The molecule has 1 aromatic carbocycles. The number of rotatable bonds is 3. The lowest BCUT2D eigenvalue weighted by Crippen LogP contribution is -2.39. The number of nitrogens with zero attached hydrogens (tertiary/aromatic N) is 3. The van der Waals surface area contributed by atoms with Gasteiger partial charge >= 0.3 is 0 Å². The summed E-state index contributed by atoms with van der Waals surface area (Å²) in [5, 5.41) is 6.70. The van der Waals surface area contributed by atoms with Crippen molar-refractivity contribution in [3.05, 3.63) is 64.3 Å². The topological polar surface area (TPSA) is 94.7 Å². The molecule has 1 fully saturated rings. The Balaban J connectivity index is 1.65. The molecule has 0 spiro atoms. The highest BCUT2D eigenvalue weighted by Gasteiger charge is 2.28. The third-order valence-electron chi connectivity index (χ3n) is 4.93. The zero-order valence-corrected chi connectivity index (χ0v) is 14.9. The summed E-state index contributed by atoms with van der Waals surface area (Å²) in [6, 6.07) is 10.1. The van der Waals surface area contributed by atoms with E-state index >= 15 is 0 Å². The number of hydrogen-bond donors (Lipinski definition) is 2. The normalized spacial score (nSPS) is 18.1. The number of carbonyl (C=O) groups is 1. The Morgan fingerprint density at radius 1 is 1.15 bits per heavy atom. The van der Waals surface area contributed by atoms with E-state index in [1.165, 1.54) is 6.33 Å². The molecule has 3 heterocycles. The highest BCUT2D eigenvalue weighted by atomic mass is 16.2. The second-order valence-electron chi connectivity index (χ2n) is 6.71. The highest BCUT2D eigenvalue weighted by Crippen LogP contribution is 2.22. The maximum atomic E-state index is 13.2. The molecule has 0 radical (unpaired) electrons. The zero-order valence-electron chi connectivity index (χ0n) is 14.9. The molecule has 2 N–H and O–H groups in total. The Labute approximate surface area is 156 Å². The number of aromatic nitrogens is 4. The first kappa shape index (κ1) is 17.2. The third kappa shape index (κ3) is 3.53. The summed E-state index contributed by atoms with van der Waals surface area (Å²) in [6.07, 6.45) is 9.50. The van der Waals surface area contributed by atoms with Gasteiger partial charge in [0, 0.05) is 6.54 Å². The molecular formula is C20H21N5O2. The lowest BCUT2D eigenvalue weighted by Gasteiger charge is -2.27. The summed E-state index contributed by atoms with van der Waals surface area (Å²) < 4.78 is 0. The number of likely N-dealkylation sites (tertiary alicyclic amines) is 1. The van der Waals surface area contributed by atoms with Crippen molar-refractivity contribution in [2.75, 3.05) is 6.54 Å². The lowest BCUT2D eigenvalue weighted by molar-refractivity contribution is 0.0714.